The molecule has 0 bridgehead atoms. The highest BCUT2D eigenvalue weighted by atomic mass is 79.9. The van der Waals surface area contributed by atoms with E-state index < -0.39 is 10.0 Å². The predicted molar refractivity (Wildman–Crippen MR) is 84.2 cm³/mol. The largest absolute Gasteiger partial charge is 0.452 e. The third-order valence-corrected chi connectivity index (χ3v) is 5.50. The summed E-state index contributed by atoms with van der Waals surface area (Å²) in [6.07, 6.45) is 0. The van der Waals surface area contributed by atoms with Crippen LogP contribution < -0.4 is 10.5 Å². The van der Waals surface area contributed by atoms with E-state index in [1.54, 1.807) is 6.92 Å². The van der Waals surface area contributed by atoms with Gasteiger partial charge in [-0.05, 0) is 35.3 Å². The van der Waals surface area contributed by atoms with Gasteiger partial charge >= 0.3 is 0 Å². The topological polar surface area (TPSA) is 85.3 Å². The van der Waals surface area contributed by atoms with Crippen molar-refractivity contribution >= 4 is 26.0 Å². The Morgan fingerprint density at radius 2 is 1.95 bits per heavy atom. The molecule has 0 fully saturated rings. The van der Waals surface area contributed by atoms with E-state index in [2.05, 4.69) is 20.7 Å². The van der Waals surface area contributed by atoms with Crippen LogP contribution in [0, 0.1) is 6.92 Å². The molecule has 0 aliphatic carbocycles. The third kappa shape index (κ3) is 3.74. The fourth-order valence-corrected chi connectivity index (χ4v) is 4.13. The Labute approximate surface area is 132 Å². The minimum absolute atomic E-state index is 0.0573. The van der Waals surface area contributed by atoms with E-state index in [4.69, 9.17) is 10.2 Å². The van der Waals surface area contributed by atoms with Crippen LogP contribution in [0.4, 0.5) is 0 Å². The van der Waals surface area contributed by atoms with Gasteiger partial charge in [-0.2, -0.15) is 0 Å². The van der Waals surface area contributed by atoms with Crippen molar-refractivity contribution in [2.75, 3.05) is 0 Å². The number of furan rings is 1. The lowest BCUT2D eigenvalue weighted by molar-refractivity contribution is 0.483. The van der Waals surface area contributed by atoms with Crippen molar-refractivity contribution in [3.8, 4) is 0 Å². The van der Waals surface area contributed by atoms with Gasteiger partial charge in [-0.1, -0.05) is 29.8 Å². The minimum Gasteiger partial charge on any atom is -0.452 e. The Bertz CT molecular complexity index is 723. The standard InChI is InChI=1S/C14H17BrN2O3S/c1-9-3-5-11(6-4-9)10(2)17-21(18,19)13-7-12(8-16)20-14(13)15/h3-7,10,17H,8,16H2,1-2H3. The van der Waals surface area contributed by atoms with Crippen LogP contribution in [0.3, 0.4) is 0 Å². The number of halogens is 1. The first-order chi connectivity index (χ1) is 9.83. The molecule has 0 aliphatic heterocycles. The van der Waals surface area contributed by atoms with Crippen molar-refractivity contribution < 1.29 is 12.8 Å². The lowest BCUT2D eigenvalue weighted by Gasteiger charge is -2.14. The molecule has 0 amide bonds. The van der Waals surface area contributed by atoms with Gasteiger partial charge in [-0.15, -0.1) is 0 Å². The molecule has 1 aromatic heterocycles. The number of sulfonamides is 1. The SMILES string of the molecule is Cc1ccc(C(C)NS(=O)(=O)c2cc(CN)oc2Br)cc1. The van der Waals surface area contributed by atoms with Gasteiger partial charge in [0.25, 0.3) is 0 Å². The average molecular weight is 373 g/mol. The molecule has 0 aliphatic rings. The Morgan fingerprint density at radius 3 is 2.48 bits per heavy atom. The van der Waals surface area contributed by atoms with Crippen molar-refractivity contribution in [3.63, 3.8) is 0 Å². The molecule has 7 heteroatoms. The quantitative estimate of drug-likeness (QED) is 0.844. The number of nitrogens with two attached hydrogens (primary N) is 1. The highest BCUT2D eigenvalue weighted by Gasteiger charge is 2.24. The number of hydrogen-bond donors (Lipinski definition) is 2. The molecule has 0 saturated heterocycles. The summed E-state index contributed by atoms with van der Waals surface area (Å²) in [5.74, 6) is 0.408. The van der Waals surface area contributed by atoms with Crippen LogP contribution in [0.1, 0.15) is 29.9 Å². The van der Waals surface area contributed by atoms with Gasteiger partial charge in [0.1, 0.15) is 10.7 Å². The van der Waals surface area contributed by atoms with E-state index in [-0.39, 0.29) is 22.2 Å². The Kier molecular flexibility index (Phi) is 4.88. The summed E-state index contributed by atoms with van der Waals surface area (Å²) in [6.45, 7) is 3.91. The van der Waals surface area contributed by atoms with Crippen LogP contribution in [-0.4, -0.2) is 8.42 Å². The lowest BCUT2D eigenvalue weighted by Crippen LogP contribution is -2.26. The maximum absolute atomic E-state index is 12.4. The second-order valence-electron chi connectivity index (χ2n) is 4.81. The molecule has 1 atom stereocenters. The van der Waals surface area contributed by atoms with Crippen LogP contribution in [-0.2, 0) is 16.6 Å². The molecule has 2 aromatic rings. The van der Waals surface area contributed by atoms with Gasteiger partial charge < -0.3 is 10.2 Å². The summed E-state index contributed by atoms with van der Waals surface area (Å²) in [7, 11) is -3.68. The number of nitrogens with one attached hydrogen (secondary N) is 1. The summed E-state index contributed by atoms with van der Waals surface area (Å²) in [4.78, 5) is 0.0573. The molecule has 0 saturated carbocycles. The summed E-state index contributed by atoms with van der Waals surface area (Å²) < 4.78 is 32.8. The monoisotopic (exact) mass is 372 g/mol. The van der Waals surface area contributed by atoms with Crippen molar-refractivity contribution in [3.05, 3.63) is 51.9 Å². The van der Waals surface area contributed by atoms with Crippen LogP contribution in [0.15, 0.2) is 44.3 Å². The molecule has 21 heavy (non-hydrogen) atoms. The molecular formula is C14H17BrN2O3S. The van der Waals surface area contributed by atoms with E-state index in [1.165, 1.54) is 6.07 Å². The first-order valence-corrected chi connectivity index (χ1v) is 8.68. The van der Waals surface area contributed by atoms with Crippen LogP contribution in [0.5, 0.6) is 0 Å². The second kappa shape index (κ2) is 6.31. The summed E-state index contributed by atoms with van der Waals surface area (Å²) in [6, 6.07) is 8.77. The van der Waals surface area contributed by atoms with E-state index in [0.717, 1.165) is 11.1 Å². The first-order valence-electron chi connectivity index (χ1n) is 6.40. The molecule has 1 heterocycles. The zero-order valence-corrected chi connectivity index (χ0v) is 14.2. The van der Waals surface area contributed by atoms with Crippen LogP contribution in [0.2, 0.25) is 0 Å². The van der Waals surface area contributed by atoms with Gasteiger partial charge in [-0.3, -0.25) is 0 Å². The van der Waals surface area contributed by atoms with Gasteiger partial charge in [0.05, 0.1) is 6.54 Å². The number of rotatable bonds is 5. The summed E-state index contributed by atoms with van der Waals surface area (Å²) >= 11 is 3.11. The van der Waals surface area contributed by atoms with Crippen molar-refractivity contribution in [1.82, 2.24) is 4.72 Å². The predicted octanol–water partition coefficient (Wildman–Crippen LogP) is 2.85. The summed E-state index contributed by atoms with van der Waals surface area (Å²) in [5.41, 5.74) is 7.47. The molecule has 1 unspecified atom stereocenters. The van der Waals surface area contributed by atoms with E-state index in [1.807, 2.05) is 31.2 Å². The highest BCUT2D eigenvalue weighted by molar-refractivity contribution is 9.10. The Hall–Kier alpha value is -1.15. The highest BCUT2D eigenvalue weighted by Crippen LogP contribution is 2.27. The Balaban J connectivity index is 2.24. The molecule has 2 rings (SSSR count). The maximum atomic E-state index is 12.4. The molecule has 1 aromatic carbocycles. The van der Waals surface area contributed by atoms with Gasteiger partial charge in [0.2, 0.25) is 10.0 Å². The number of hydrogen-bond acceptors (Lipinski definition) is 4. The molecule has 0 spiro atoms. The smallest absolute Gasteiger partial charge is 0.245 e. The lowest BCUT2D eigenvalue weighted by atomic mass is 10.1. The zero-order valence-electron chi connectivity index (χ0n) is 11.8. The van der Waals surface area contributed by atoms with Crippen LogP contribution in [0.25, 0.3) is 0 Å². The average Bonchev–Trinajstić information content (AvgIpc) is 2.81. The molecule has 5 nitrogen and oxygen atoms in total. The second-order valence-corrected chi connectivity index (χ2v) is 7.21. The minimum atomic E-state index is -3.68. The summed E-state index contributed by atoms with van der Waals surface area (Å²) in [5, 5.41) is 0. The van der Waals surface area contributed by atoms with Crippen molar-refractivity contribution in [2.45, 2.75) is 31.3 Å². The zero-order chi connectivity index (χ0) is 15.6. The van der Waals surface area contributed by atoms with Crippen molar-refractivity contribution in [1.29, 1.82) is 0 Å². The van der Waals surface area contributed by atoms with Gasteiger partial charge in [0, 0.05) is 12.1 Å². The normalized spacial score (nSPS) is 13.3. The fraction of sp³-hybridized carbons (Fsp3) is 0.286. The number of benzene rings is 1. The molecule has 0 radical (unpaired) electrons. The van der Waals surface area contributed by atoms with E-state index in [0.29, 0.717) is 5.76 Å². The molecular weight excluding hydrogens is 356 g/mol. The van der Waals surface area contributed by atoms with E-state index >= 15 is 0 Å². The number of aryl methyl sites for hydroxylation is 1. The molecule has 3 N–H and O–H groups in total. The van der Waals surface area contributed by atoms with Crippen LogP contribution >= 0.6 is 15.9 Å². The van der Waals surface area contributed by atoms with Gasteiger partial charge in [-0.25, -0.2) is 13.1 Å². The fourth-order valence-electron chi connectivity index (χ4n) is 1.90. The van der Waals surface area contributed by atoms with Gasteiger partial charge in [0.15, 0.2) is 4.67 Å². The van der Waals surface area contributed by atoms with E-state index in [9.17, 15) is 8.42 Å². The first kappa shape index (κ1) is 16.2. The Morgan fingerprint density at radius 1 is 1.33 bits per heavy atom. The molecule has 114 valence electrons. The maximum Gasteiger partial charge on any atom is 0.245 e. The van der Waals surface area contributed by atoms with Crippen molar-refractivity contribution in [2.24, 2.45) is 5.73 Å². The third-order valence-electron chi connectivity index (χ3n) is 3.11.